The molecular formula is C4H5Sb2. The van der Waals surface area contributed by atoms with E-state index in [-0.39, 0.29) is 42.8 Å². The summed E-state index contributed by atoms with van der Waals surface area (Å²) in [4.78, 5) is 0. The molecular weight excluding hydrogens is 292 g/mol. The number of hydrogen-bond acceptors (Lipinski definition) is 0. The van der Waals surface area contributed by atoms with E-state index >= 15 is 0 Å². The first-order valence-electron chi connectivity index (χ1n) is 1.77. The van der Waals surface area contributed by atoms with Crippen molar-refractivity contribution < 1.29 is 0 Å². The maximum atomic E-state index is 3.50. The van der Waals surface area contributed by atoms with E-state index in [0.717, 1.165) is 0 Å². The standard InChI is InChI=1S/C3H4.C.2Sb.H/c1-3-2;;;;/h1H,2H3;;;;. The summed E-state index contributed by atoms with van der Waals surface area (Å²) in [7, 11) is 0. The summed E-state index contributed by atoms with van der Waals surface area (Å²) in [5.41, 5.74) is 0. The second-order valence-electron chi connectivity index (χ2n) is 1.18. The summed E-state index contributed by atoms with van der Waals surface area (Å²) in [5.74, 6) is 0. The van der Waals surface area contributed by atoms with E-state index in [4.69, 9.17) is 0 Å². The molecule has 1 heterocycles. The predicted molar refractivity (Wildman–Crippen MR) is 31.7 cm³/mol. The van der Waals surface area contributed by atoms with Gasteiger partial charge in [0.15, 0.2) is 0 Å². The average Bonchev–Trinajstić information content (AvgIpc) is 1.86. The molecule has 0 aromatic carbocycles. The molecule has 1 aliphatic rings. The normalized spacial score (nSPS) is 18.5. The summed E-state index contributed by atoms with van der Waals surface area (Å²) in [6.07, 6.45) is 0. The zero-order chi connectivity index (χ0) is 4.41. The Morgan fingerprint density at radius 1 is 2.00 bits per heavy atom. The van der Waals surface area contributed by atoms with Gasteiger partial charge in [-0.2, -0.15) is 0 Å². The maximum absolute atomic E-state index is 3.50. The second kappa shape index (κ2) is 2.53. The van der Waals surface area contributed by atoms with Crippen molar-refractivity contribution in [3.63, 3.8) is 0 Å². The third-order valence-electron chi connectivity index (χ3n) is 0.576. The molecule has 0 fully saturated rings. The van der Waals surface area contributed by atoms with Crippen LogP contribution in [0.3, 0.4) is 0 Å². The Kier molecular flexibility index (Phi) is 2.27. The molecule has 6 heavy (non-hydrogen) atoms. The van der Waals surface area contributed by atoms with Crippen molar-refractivity contribution in [3.05, 3.63) is 7.54 Å². The first-order chi connectivity index (χ1) is 2.89. The van der Waals surface area contributed by atoms with Gasteiger partial charge in [-0.3, -0.25) is 0 Å². The van der Waals surface area contributed by atoms with Gasteiger partial charge in [0.05, 0.1) is 0 Å². The molecule has 0 aromatic rings. The van der Waals surface area contributed by atoms with Gasteiger partial charge in [0.1, 0.15) is 0 Å². The summed E-state index contributed by atoms with van der Waals surface area (Å²) in [6.45, 7) is 2.25. The minimum atomic E-state index is -0.0828. The Bertz CT molecular complexity index is 102. The van der Waals surface area contributed by atoms with Gasteiger partial charge in [-0.1, -0.05) is 0 Å². The third-order valence-corrected chi connectivity index (χ3v) is 10.9. The molecule has 2 heteroatoms. The molecule has 0 aromatic heterocycles. The summed E-state index contributed by atoms with van der Waals surface area (Å²) < 4.78 is 7.64. The average molecular weight is 297 g/mol. The Balaban J connectivity index is 2.61. The monoisotopic (exact) mass is 295 g/mol. The molecule has 0 N–H and O–H groups in total. The van der Waals surface area contributed by atoms with Gasteiger partial charge in [0, 0.05) is 0 Å². The third kappa shape index (κ3) is 1.39. The molecule has 0 bridgehead atoms. The summed E-state index contributed by atoms with van der Waals surface area (Å²) >= 11 is -0.00282. The Morgan fingerprint density at radius 3 is 3.00 bits per heavy atom. The Labute approximate surface area is 58.5 Å². The van der Waals surface area contributed by atoms with Crippen LogP contribution in [0.2, 0.25) is 0 Å². The molecule has 0 atom stereocenters. The zero-order valence-electron chi connectivity index (χ0n) is 3.52. The van der Waals surface area contributed by atoms with E-state index in [9.17, 15) is 0 Å². The number of rotatable bonds is 0. The molecule has 0 spiro atoms. The fourth-order valence-electron chi connectivity index (χ4n) is 0.282. The second-order valence-corrected chi connectivity index (χ2v) is 10.5. The van der Waals surface area contributed by atoms with Gasteiger partial charge in [-0.25, -0.2) is 0 Å². The van der Waals surface area contributed by atoms with Gasteiger partial charge in [0.2, 0.25) is 0 Å². The first kappa shape index (κ1) is 5.38. The van der Waals surface area contributed by atoms with Crippen molar-refractivity contribution >= 4 is 44.7 Å². The molecule has 0 saturated heterocycles. The van der Waals surface area contributed by atoms with Crippen LogP contribution < -0.4 is 0 Å². The molecule has 0 aliphatic carbocycles. The molecule has 31 valence electrons. The summed E-state index contributed by atoms with van der Waals surface area (Å²) in [5, 5.41) is 0. The SMILES string of the molecule is C[C]1=[CH][Sb]=[C][SbH]1. The van der Waals surface area contributed by atoms with Gasteiger partial charge < -0.3 is 0 Å². The molecule has 0 nitrogen and oxygen atoms in total. The van der Waals surface area contributed by atoms with Crippen LogP contribution in [0, 0.1) is 0 Å². The first-order valence-corrected chi connectivity index (χ1v) is 7.37. The van der Waals surface area contributed by atoms with E-state index in [1.54, 1.807) is 3.52 Å². The molecule has 0 amide bonds. The fraction of sp³-hybridized carbons (Fsp3) is 0.250. The van der Waals surface area contributed by atoms with Crippen LogP contribution >= 0.6 is 0 Å². The van der Waals surface area contributed by atoms with Crippen LogP contribution in [-0.2, 0) is 0 Å². The molecule has 0 unspecified atom stereocenters. The van der Waals surface area contributed by atoms with E-state index in [0.29, 0.717) is 0 Å². The van der Waals surface area contributed by atoms with Crippen LogP contribution in [0.15, 0.2) is 7.54 Å². The van der Waals surface area contributed by atoms with E-state index in [1.807, 2.05) is 0 Å². The van der Waals surface area contributed by atoms with Crippen molar-refractivity contribution in [1.82, 2.24) is 0 Å². The van der Waals surface area contributed by atoms with Crippen LogP contribution in [0.25, 0.3) is 0 Å². The van der Waals surface area contributed by atoms with Crippen LogP contribution in [-0.4, -0.2) is 44.7 Å². The molecule has 1 radical (unpaired) electrons. The van der Waals surface area contributed by atoms with E-state index < -0.39 is 0 Å². The minimum absolute atomic E-state index is 0.0800. The van der Waals surface area contributed by atoms with E-state index in [2.05, 4.69) is 12.8 Å². The molecule has 1 rings (SSSR count). The molecule has 1 aliphatic heterocycles. The Hall–Kier alpha value is 1.25. The van der Waals surface area contributed by atoms with Crippen LogP contribution in [0.1, 0.15) is 6.92 Å². The predicted octanol–water partition coefficient (Wildman–Crippen LogP) is -0.361. The van der Waals surface area contributed by atoms with Gasteiger partial charge in [-0.05, 0) is 0 Å². The Morgan fingerprint density at radius 2 is 2.83 bits per heavy atom. The topological polar surface area (TPSA) is 0 Å². The fourth-order valence-corrected chi connectivity index (χ4v) is 10.2. The van der Waals surface area contributed by atoms with Gasteiger partial charge >= 0.3 is 59.1 Å². The van der Waals surface area contributed by atoms with Gasteiger partial charge in [0.25, 0.3) is 0 Å². The summed E-state index contributed by atoms with van der Waals surface area (Å²) in [6, 6.07) is 0. The van der Waals surface area contributed by atoms with Crippen molar-refractivity contribution in [3.8, 4) is 0 Å². The molecule has 0 saturated carbocycles. The van der Waals surface area contributed by atoms with Crippen LogP contribution in [0.4, 0.5) is 0 Å². The van der Waals surface area contributed by atoms with Crippen molar-refractivity contribution in [2.24, 2.45) is 0 Å². The number of hydrogen-bond donors (Lipinski definition) is 0. The van der Waals surface area contributed by atoms with E-state index in [1.165, 1.54) is 0 Å². The van der Waals surface area contributed by atoms with Crippen molar-refractivity contribution in [2.75, 3.05) is 0 Å². The zero-order valence-corrected chi connectivity index (χ0v) is 8.93. The quantitative estimate of drug-likeness (QED) is 0.536. The number of allylic oxidation sites excluding steroid dienone is 1. The van der Waals surface area contributed by atoms with Crippen molar-refractivity contribution in [1.29, 1.82) is 0 Å². The van der Waals surface area contributed by atoms with Crippen LogP contribution in [0.5, 0.6) is 0 Å². The van der Waals surface area contributed by atoms with Crippen molar-refractivity contribution in [2.45, 2.75) is 6.92 Å². The van der Waals surface area contributed by atoms with Gasteiger partial charge in [-0.15, -0.1) is 0 Å².